The highest BCUT2D eigenvalue weighted by atomic mass is 16.5. The molecule has 1 N–H and O–H groups in total. The molecule has 0 saturated carbocycles. The van der Waals surface area contributed by atoms with E-state index in [1.165, 1.54) is 0 Å². The van der Waals surface area contributed by atoms with Crippen LogP contribution in [-0.2, 0) is 4.79 Å². The maximum atomic E-state index is 13.4. The first-order valence-electron chi connectivity index (χ1n) is 12.5. The number of carbonyl (C=O) groups is 2. The van der Waals surface area contributed by atoms with Gasteiger partial charge < -0.3 is 24.8 Å². The molecular formula is C27H36N4O3. The summed E-state index contributed by atoms with van der Waals surface area (Å²) in [6.45, 7) is 6.96. The number of rotatable bonds is 8. The van der Waals surface area contributed by atoms with Gasteiger partial charge in [-0.2, -0.15) is 0 Å². The van der Waals surface area contributed by atoms with E-state index < -0.39 is 0 Å². The van der Waals surface area contributed by atoms with Gasteiger partial charge in [-0.15, -0.1) is 0 Å². The number of hydrogen-bond acceptors (Lipinski definition) is 5. The number of nitrogens with one attached hydrogen (secondary N) is 1. The fourth-order valence-electron chi connectivity index (χ4n) is 4.79. The van der Waals surface area contributed by atoms with Crippen molar-refractivity contribution in [2.45, 2.75) is 39.0 Å². The highest BCUT2D eigenvalue weighted by Crippen LogP contribution is 2.32. The Labute approximate surface area is 202 Å². The summed E-state index contributed by atoms with van der Waals surface area (Å²) >= 11 is 0. The van der Waals surface area contributed by atoms with Crippen LogP contribution < -0.4 is 19.9 Å². The van der Waals surface area contributed by atoms with Crippen LogP contribution in [-0.4, -0.2) is 63.1 Å². The van der Waals surface area contributed by atoms with Gasteiger partial charge in [0.1, 0.15) is 5.75 Å². The maximum absolute atomic E-state index is 13.4. The SMILES string of the molecule is CCCCC(=O)Nc1ccc(N2CCN(c3ccccc3OC)CC2)c(C(=O)N2CCCC2)c1. The fraction of sp³-hybridized carbons (Fsp3) is 0.481. The third-order valence-corrected chi connectivity index (χ3v) is 6.71. The van der Waals surface area contributed by atoms with Crippen molar-refractivity contribution in [3.63, 3.8) is 0 Å². The summed E-state index contributed by atoms with van der Waals surface area (Å²) < 4.78 is 5.55. The molecule has 0 bridgehead atoms. The highest BCUT2D eigenvalue weighted by Gasteiger charge is 2.27. The van der Waals surface area contributed by atoms with Crippen LogP contribution in [0.4, 0.5) is 17.1 Å². The smallest absolute Gasteiger partial charge is 0.256 e. The van der Waals surface area contributed by atoms with Crippen molar-refractivity contribution in [1.82, 2.24) is 4.90 Å². The number of benzene rings is 2. The Kier molecular flexibility index (Phi) is 7.93. The molecule has 0 unspecified atom stereocenters. The zero-order valence-corrected chi connectivity index (χ0v) is 20.4. The van der Waals surface area contributed by atoms with E-state index in [2.05, 4.69) is 28.1 Å². The van der Waals surface area contributed by atoms with Gasteiger partial charge in [-0.1, -0.05) is 25.5 Å². The molecule has 2 aliphatic rings. The second kappa shape index (κ2) is 11.3. The molecule has 7 nitrogen and oxygen atoms in total. The van der Waals surface area contributed by atoms with Crippen molar-refractivity contribution >= 4 is 28.9 Å². The molecule has 2 fully saturated rings. The van der Waals surface area contributed by atoms with Crippen LogP contribution in [0.3, 0.4) is 0 Å². The van der Waals surface area contributed by atoms with Crippen LogP contribution >= 0.6 is 0 Å². The molecule has 0 atom stereocenters. The molecule has 2 saturated heterocycles. The minimum atomic E-state index is -0.000376. The number of carbonyl (C=O) groups excluding carboxylic acids is 2. The van der Waals surface area contributed by atoms with Crippen LogP contribution in [0, 0.1) is 0 Å². The number of likely N-dealkylation sites (tertiary alicyclic amines) is 1. The van der Waals surface area contributed by atoms with E-state index in [4.69, 9.17) is 4.74 Å². The van der Waals surface area contributed by atoms with Crippen molar-refractivity contribution in [1.29, 1.82) is 0 Å². The summed E-state index contributed by atoms with van der Waals surface area (Å²) in [7, 11) is 1.70. The van der Waals surface area contributed by atoms with Gasteiger partial charge in [0.05, 0.1) is 18.4 Å². The Hall–Kier alpha value is -3.22. The topological polar surface area (TPSA) is 65.1 Å². The largest absolute Gasteiger partial charge is 0.495 e. The molecule has 2 heterocycles. The molecule has 2 aromatic rings. The quantitative estimate of drug-likeness (QED) is 0.628. The summed E-state index contributed by atoms with van der Waals surface area (Å²) in [5.41, 5.74) is 3.42. The Morgan fingerprint density at radius 2 is 1.59 bits per heavy atom. The molecule has 0 aromatic heterocycles. The number of methoxy groups -OCH3 is 1. The lowest BCUT2D eigenvalue weighted by atomic mass is 10.1. The van der Waals surface area contributed by atoms with Crippen molar-refractivity contribution in [3.8, 4) is 5.75 Å². The predicted molar refractivity (Wildman–Crippen MR) is 137 cm³/mol. The highest BCUT2D eigenvalue weighted by molar-refractivity contribution is 6.02. The monoisotopic (exact) mass is 464 g/mol. The minimum absolute atomic E-state index is 0.000376. The number of amides is 2. The van der Waals surface area contributed by atoms with Crippen LogP contribution in [0.15, 0.2) is 42.5 Å². The average molecular weight is 465 g/mol. The number of unbranched alkanes of at least 4 members (excludes halogenated alkanes) is 1. The van der Waals surface area contributed by atoms with E-state index in [1.807, 2.05) is 41.3 Å². The number of para-hydroxylation sites is 2. The van der Waals surface area contributed by atoms with Gasteiger partial charge >= 0.3 is 0 Å². The molecule has 7 heteroatoms. The number of hydrogen-bond donors (Lipinski definition) is 1. The molecular weight excluding hydrogens is 428 g/mol. The molecule has 0 aliphatic carbocycles. The number of piperazine rings is 1. The van der Waals surface area contributed by atoms with Gasteiger partial charge in [0, 0.05) is 57.1 Å². The van der Waals surface area contributed by atoms with Crippen LogP contribution in [0.1, 0.15) is 49.4 Å². The van der Waals surface area contributed by atoms with Crippen molar-refractivity contribution in [2.24, 2.45) is 0 Å². The molecule has 2 aromatic carbocycles. The van der Waals surface area contributed by atoms with E-state index in [9.17, 15) is 9.59 Å². The van der Waals surface area contributed by atoms with Gasteiger partial charge in [-0.25, -0.2) is 0 Å². The first-order chi connectivity index (χ1) is 16.6. The van der Waals surface area contributed by atoms with Crippen LogP contribution in [0.25, 0.3) is 0 Å². The standard InChI is InChI=1S/C27H36N4O3/c1-3-4-11-26(32)28-21-12-13-23(22(20-21)27(33)31-14-7-8-15-31)29-16-18-30(19-17-29)24-9-5-6-10-25(24)34-2/h5-6,9-10,12-13,20H,3-4,7-8,11,14-19H2,1-2H3,(H,28,32). The minimum Gasteiger partial charge on any atom is -0.495 e. The summed E-state index contributed by atoms with van der Waals surface area (Å²) in [6, 6.07) is 13.9. The van der Waals surface area contributed by atoms with Crippen molar-refractivity contribution in [3.05, 3.63) is 48.0 Å². The molecule has 0 radical (unpaired) electrons. The summed E-state index contributed by atoms with van der Waals surface area (Å²) in [5.74, 6) is 0.938. The Morgan fingerprint density at radius 3 is 2.26 bits per heavy atom. The number of nitrogens with zero attached hydrogens (tertiary/aromatic N) is 3. The zero-order chi connectivity index (χ0) is 23.9. The Balaban J connectivity index is 1.53. The van der Waals surface area contributed by atoms with E-state index in [0.29, 0.717) is 17.7 Å². The Morgan fingerprint density at radius 1 is 0.912 bits per heavy atom. The predicted octanol–water partition coefficient (Wildman–Crippen LogP) is 4.39. The van der Waals surface area contributed by atoms with E-state index in [1.54, 1.807) is 7.11 Å². The van der Waals surface area contributed by atoms with Gasteiger partial charge in [0.2, 0.25) is 5.91 Å². The second-order valence-corrected chi connectivity index (χ2v) is 9.03. The zero-order valence-electron chi connectivity index (χ0n) is 20.4. The average Bonchev–Trinajstić information content (AvgIpc) is 3.42. The number of ether oxygens (including phenoxy) is 1. The van der Waals surface area contributed by atoms with Crippen LogP contribution in [0.2, 0.25) is 0 Å². The summed E-state index contributed by atoms with van der Waals surface area (Å²) in [6.07, 6.45) is 4.43. The molecule has 34 heavy (non-hydrogen) atoms. The van der Waals surface area contributed by atoms with Gasteiger partial charge in [-0.05, 0) is 49.6 Å². The van der Waals surface area contributed by atoms with Gasteiger partial charge in [0.25, 0.3) is 5.91 Å². The van der Waals surface area contributed by atoms with Crippen molar-refractivity contribution < 1.29 is 14.3 Å². The van der Waals surface area contributed by atoms with Gasteiger partial charge in [-0.3, -0.25) is 9.59 Å². The lowest BCUT2D eigenvalue weighted by Gasteiger charge is -2.38. The van der Waals surface area contributed by atoms with E-state index in [-0.39, 0.29) is 11.8 Å². The van der Waals surface area contributed by atoms with Crippen molar-refractivity contribution in [2.75, 3.05) is 61.5 Å². The Bertz CT molecular complexity index is 995. The summed E-state index contributed by atoms with van der Waals surface area (Å²) in [5, 5.41) is 2.98. The maximum Gasteiger partial charge on any atom is 0.256 e. The first-order valence-corrected chi connectivity index (χ1v) is 12.5. The van der Waals surface area contributed by atoms with Crippen LogP contribution in [0.5, 0.6) is 5.75 Å². The normalized spacial score (nSPS) is 16.0. The molecule has 2 amide bonds. The van der Waals surface area contributed by atoms with Gasteiger partial charge in [0.15, 0.2) is 0 Å². The molecule has 0 spiro atoms. The first kappa shape index (κ1) is 23.9. The molecule has 182 valence electrons. The molecule has 2 aliphatic heterocycles. The lowest BCUT2D eigenvalue weighted by molar-refractivity contribution is -0.116. The fourth-order valence-corrected chi connectivity index (χ4v) is 4.79. The third-order valence-electron chi connectivity index (χ3n) is 6.71. The second-order valence-electron chi connectivity index (χ2n) is 9.03. The molecule has 4 rings (SSSR count). The van der Waals surface area contributed by atoms with E-state index >= 15 is 0 Å². The number of anilines is 3. The summed E-state index contributed by atoms with van der Waals surface area (Å²) in [4.78, 5) is 32.3. The lowest BCUT2D eigenvalue weighted by Crippen LogP contribution is -2.47. The van der Waals surface area contributed by atoms with E-state index in [0.717, 1.165) is 82.1 Å². The third kappa shape index (κ3) is 5.46.